The predicted octanol–water partition coefficient (Wildman–Crippen LogP) is 2.34. The highest BCUT2D eigenvalue weighted by atomic mass is 32.2. The number of thioether (sulfide) groups is 1. The number of ketones is 1. The lowest BCUT2D eigenvalue weighted by atomic mass is 10.0. The Balaban J connectivity index is 2.69. The van der Waals surface area contributed by atoms with Gasteiger partial charge >= 0.3 is 0 Å². The summed E-state index contributed by atoms with van der Waals surface area (Å²) in [6.45, 7) is 1.56. The van der Waals surface area contributed by atoms with Gasteiger partial charge in [-0.25, -0.2) is 8.78 Å². The van der Waals surface area contributed by atoms with Gasteiger partial charge in [0.15, 0.2) is 6.17 Å². The Morgan fingerprint density at radius 1 is 1.60 bits per heavy atom. The van der Waals surface area contributed by atoms with E-state index < -0.39 is 17.8 Å². The second kappa shape index (κ2) is 3.48. The van der Waals surface area contributed by atoms with E-state index in [0.717, 1.165) is 17.8 Å². The van der Waals surface area contributed by atoms with Crippen LogP contribution < -0.4 is 5.73 Å². The van der Waals surface area contributed by atoms with Crippen molar-refractivity contribution in [2.75, 3.05) is 11.5 Å². The van der Waals surface area contributed by atoms with E-state index in [-0.39, 0.29) is 17.0 Å². The number of hydrogen-bond acceptors (Lipinski definition) is 3. The monoisotopic (exact) mass is 229 g/mol. The lowest BCUT2D eigenvalue weighted by Gasteiger charge is -2.21. The summed E-state index contributed by atoms with van der Waals surface area (Å²) >= 11 is 1.14. The number of nitrogen functional groups attached to an aromatic ring is 1. The Labute approximate surface area is 89.8 Å². The van der Waals surface area contributed by atoms with E-state index in [1.807, 2.05) is 0 Å². The van der Waals surface area contributed by atoms with Gasteiger partial charge in [-0.3, -0.25) is 4.79 Å². The van der Waals surface area contributed by atoms with Crippen LogP contribution in [0.25, 0.3) is 0 Å². The molecule has 1 aromatic rings. The lowest BCUT2D eigenvalue weighted by molar-refractivity contribution is 0.0891. The second-order valence-electron chi connectivity index (χ2n) is 3.42. The normalized spacial score (nSPS) is 20.2. The molecule has 0 bridgehead atoms. The van der Waals surface area contributed by atoms with Crippen molar-refractivity contribution >= 4 is 23.2 Å². The highest BCUT2D eigenvalue weighted by Gasteiger charge is 2.31. The summed E-state index contributed by atoms with van der Waals surface area (Å²) < 4.78 is 26.4. The fraction of sp³-hybridized carbons (Fsp3) is 0.300. The third-order valence-electron chi connectivity index (χ3n) is 2.40. The van der Waals surface area contributed by atoms with Crippen LogP contribution in [0.5, 0.6) is 0 Å². The van der Waals surface area contributed by atoms with Gasteiger partial charge in [0.1, 0.15) is 5.82 Å². The topological polar surface area (TPSA) is 43.1 Å². The van der Waals surface area contributed by atoms with E-state index in [2.05, 4.69) is 0 Å². The molecule has 5 heteroatoms. The molecule has 0 aliphatic carbocycles. The van der Waals surface area contributed by atoms with Gasteiger partial charge in [-0.2, -0.15) is 0 Å². The van der Waals surface area contributed by atoms with Crippen LogP contribution in [0.1, 0.15) is 15.9 Å². The van der Waals surface area contributed by atoms with Gasteiger partial charge < -0.3 is 5.73 Å². The summed E-state index contributed by atoms with van der Waals surface area (Å²) in [6.07, 6.45) is -1.53. The average Bonchev–Trinajstić information content (AvgIpc) is 2.18. The number of alkyl halides is 1. The minimum absolute atomic E-state index is 0.0213. The number of halogens is 2. The molecule has 2 nitrogen and oxygen atoms in total. The SMILES string of the molecule is Cc1c(F)cc(N)c2c1SCC(F)C2=O. The van der Waals surface area contributed by atoms with Crippen molar-refractivity contribution in [3.8, 4) is 0 Å². The van der Waals surface area contributed by atoms with Crippen molar-refractivity contribution in [2.45, 2.75) is 18.0 Å². The molecule has 15 heavy (non-hydrogen) atoms. The standard InChI is InChI=1S/C10H9F2NOS/c1-4-5(11)2-7(13)8-9(14)6(12)3-15-10(4)8/h2,6H,3,13H2,1H3. The molecule has 1 aliphatic rings. The van der Waals surface area contributed by atoms with Crippen molar-refractivity contribution < 1.29 is 13.6 Å². The number of rotatable bonds is 0. The van der Waals surface area contributed by atoms with Gasteiger partial charge in [0.05, 0.1) is 5.56 Å². The van der Waals surface area contributed by atoms with E-state index in [1.165, 1.54) is 0 Å². The molecule has 1 atom stereocenters. The molecular weight excluding hydrogens is 220 g/mol. The summed E-state index contributed by atoms with van der Waals surface area (Å²) in [5, 5.41) is 0. The van der Waals surface area contributed by atoms with Crippen molar-refractivity contribution in [1.29, 1.82) is 0 Å². The van der Waals surface area contributed by atoms with E-state index in [0.29, 0.717) is 10.5 Å². The van der Waals surface area contributed by atoms with Crippen molar-refractivity contribution in [3.63, 3.8) is 0 Å². The molecule has 0 amide bonds. The van der Waals surface area contributed by atoms with E-state index in [1.54, 1.807) is 6.92 Å². The molecule has 2 rings (SSSR count). The predicted molar refractivity (Wildman–Crippen MR) is 55.5 cm³/mol. The van der Waals surface area contributed by atoms with Crippen LogP contribution in [0, 0.1) is 12.7 Å². The largest absolute Gasteiger partial charge is 0.398 e. The Kier molecular flexibility index (Phi) is 2.42. The molecule has 0 spiro atoms. The summed E-state index contributed by atoms with van der Waals surface area (Å²) in [5.74, 6) is -1.05. The zero-order valence-corrected chi connectivity index (χ0v) is 8.83. The zero-order valence-electron chi connectivity index (χ0n) is 8.01. The Morgan fingerprint density at radius 2 is 2.27 bits per heavy atom. The Hall–Kier alpha value is -1.10. The fourth-order valence-electron chi connectivity index (χ4n) is 1.57. The molecule has 0 aromatic heterocycles. The Bertz CT molecular complexity index is 448. The van der Waals surface area contributed by atoms with Gasteiger partial charge in [0, 0.05) is 16.3 Å². The molecule has 1 heterocycles. The van der Waals surface area contributed by atoms with Crippen LogP contribution in [0.4, 0.5) is 14.5 Å². The fourth-order valence-corrected chi connectivity index (χ4v) is 2.71. The van der Waals surface area contributed by atoms with Gasteiger partial charge in [-0.1, -0.05) is 0 Å². The molecule has 2 N–H and O–H groups in total. The number of benzene rings is 1. The number of carbonyl (C=O) groups excluding carboxylic acids is 1. The quantitative estimate of drug-likeness (QED) is 0.694. The van der Waals surface area contributed by atoms with Crippen LogP contribution in [0.15, 0.2) is 11.0 Å². The highest BCUT2D eigenvalue weighted by Crippen LogP contribution is 2.38. The van der Waals surface area contributed by atoms with Crippen LogP contribution >= 0.6 is 11.8 Å². The number of hydrogen-bond donors (Lipinski definition) is 1. The molecule has 0 fully saturated rings. The van der Waals surface area contributed by atoms with Crippen molar-refractivity contribution in [1.82, 2.24) is 0 Å². The van der Waals surface area contributed by atoms with Gasteiger partial charge in [-0.15, -0.1) is 11.8 Å². The molecule has 80 valence electrons. The van der Waals surface area contributed by atoms with E-state index in [4.69, 9.17) is 5.73 Å². The third kappa shape index (κ3) is 1.51. The van der Waals surface area contributed by atoms with Crippen LogP contribution in [0.3, 0.4) is 0 Å². The summed E-state index contributed by atoms with van der Waals surface area (Å²) in [7, 11) is 0. The zero-order chi connectivity index (χ0) is 11.2. The minimum atomic E-state index is -1.53. The lowest BCUT2D eigenvalue weighted by Crippen LogP contribution is -2.25. The first-order valence-electron chi connectivity index (χ1n) is 4.42. The van der Waals surface area contributed by atoms with E-state index >= 15 is 0 Å². The van der Waals surface area contributed by atoms with Crippen LogP contribution in [-0.4, -0.2) is 17.7 Å². The van der Waals surface area contributed by atoms with Gasteiger partial charge in [0.25, 0.3) is 0 Å². The summed E-state index contributed by atoms with van der Waals surface area (Å²) in [5.41, 5.74) is 6.05. The smallest absolute Gasteiger partial charge is 0.200 e. The third-order valence-corrected chi connectivity index (χ3v) is 3.66. The molecule has 0 saturated heterocycles. The number of carbonyl (C=O) groups is 1. The van der Waals surface area contributed by atoms with Crippen molar-refractivity contribution in [3.05, 3.63) is 23.0 Å². The molecule has 1 aliphatic heterocycles. The van der Waals surface area contributed by atoms with Crippen molar-refractivity contribution in [2.24, 2.45) is 0 Å². The maximum absolute atomic E-state index is 13.3. The van der Waals surface area contributed by atoms with Crippen LogP contribution in [-0.2, 0) is 0 Å². The van der Waals surface area contributed by atoms with E-state index in [9.17, 15) is 13.6 Å². The molecular formula is C10H9F2NOS. The first kappa shape index (κ1) is 10.4. The Morgan fingerprint density at radius 3 is 2.93 bits per heavy atom. The first-order chi connectivity index (χ1) is 7.02. The minimum Gasteiger partial charge on any atom is -0.398 e. The number of nitrogens with two attached hydrogens (primary N) is 1. The highest BCUT2D eigenvalue weighted by molar-refractivity contribution is 7.99. The second-order valence-corrected chi connectivity index (χ2v) is 4.45. The maximum Gasteiger partial charge on any atom is 0.200 e. The average molecular weight is 229 g/mol. The molecule has 0 radical (unpaired) electrons. The summed E-state index contributed by atoms with van der Waals surface area (Å²) in [4.78, 5) is 12.0. The molecule has 1 unspecified atom stereocenters. The molecule has 0 saturated carbocycles. The first-order valence-corrected chi connectivity index (χ1v) is 5.40. The van der Waals surface area contributed by atoms with Gasteiger partial charge in [0.2, 0.25) is 5.78 Å². The maximum atomic E-state index is 13.3. The number of fused-ring (bicyclic) bond motifs is 1. The number of Topliss-reactive ketones (excluding diaryl/α,β-unsaturated/α-hetero) is 1. The molecule has 1 aromatic carbocycles. The number of anilines is 1. The van der Waals surface area contributed by atoms with Gasteiger partial charge in [-0.05, 0) is 18.6 Å². The van der Waals surface area contributed by atoms with Crippen LogP contribution in [0.2, 0.25) is 0 Å². The summed E-state index contributed by atoms with van der Waals surface area (Å²) in [6, 6.07) is 1.07.